The largest absolute Gasteiger partial charge is 0.384 e. The lowest BCUT2D eigenvalue weighted by Gasteiger charge is -2.44. The van der Waals surface area contributed by atoms with Crippen molar-refractivity contribution in [2.45, 2.75) is 117 Å². The second-order valence-corrected chi connectivity index (χ2v) is 19.5. The highest BCUT2D eigenvalue weighted by molar-refractivity contribution is 5.94. The number of fused-ring (bicyclic) bond motifs is 1. The zero-order valence-corrected chi connectivity index (χ0v) is 42.9. The van der Waals surface area contributed by atoms with Gasteiger partial charge in [-0.15, -0.1) is 0 Å². The molecule has 0 spiro atoms. The first-order valence-electron chi connectivity index (χ1n) is 26.0. The Morgan fingerprint density at radius 3 is 2.40 bits per heavy atom. The number of aromatic nitrogens is 4. The molecule has 4 saturated heterocycles. The molecule has 376 valence electrons. The van der Waals surface area contributed by atoms with E-state index in [0.29, 0.717) is 42.8 Å². The van der Waals surface area contributed by atoms with Gasteiger partial charge in [-0.3, -0.25) is 38.7 Å². The Kier molecular flexibility index (Phi) is 18.6. The van der Waals surface area contributed by atoms with Crippen LogP contribution in [0, 0.1) is 12.8 Å². The predicted octanol–water partition coefficient (Wildman–Crippen LogP) is 8.58. The molecule has 70 heavy (non-hydrogen) atoms. The summed E-state index contributed by atoms with van der Waals surface area (Å²) in [6, 6.07) is 21.7. The standard InChI is InChI=1S/C49H63N9O2.C5H9NO2.C2H6/c1-6-42-32-55(30-37-7-13-45-46(28-37)54(5)49(60)53-45)25-26-58(42)31-36-16-21-57(22-17-36)48(59)40-10-8-38(9-11-40)39-18-23-56(24-19-39)35(4)33(2)27-44-34(3)51-20-15-43(44)41-12-14-47(50)52-29-41;7-5-3-1-2-4-8-6-5;1-2/h7-15,20,27-29,35-36,39,42H,6,16-19,21-26,30-32H2,1-5H3,(H2,50,52)(H,53,60);1-4H2,(H,6,7);1-2H3/b33-27+;;. The number of hydroxylamine groups is 1. The van der Waals surface area contributed by atoms with Gasteiger partial charge >= 0.3 is 5.69 Å². The van der Waals surface area contributed by atoms with E-state index in [0.717, 1.165) is 143 Å². The molecule has 14 nitrogen and oxygen atoms in total. The van der Waals surface area contributed by atoms with Crippen molar-refractivity contribution < 1.29 is 14.4 Å². The van der Waals surface area contributed by atoms with Crippen molar-refractivity contribution in [3.63, 3.8) is 0 Å². The number of aromatic amines is 1. The maximum Gasteiger partial charge on any atom is 0.326 e. The van der Waals surface area contributed by atoms with Crippen LogP contribution in [0.5, 0.6) is 0 Å². The maximum absolute atomic E-state index is 13.7. The third-order valence-electron chi connectivity index (χ3n) is 15.0. The van der Waals surface area contributed by atoms with Crippen LogP contribution in [0.2, 0.25) is 0 Å². The molecule has 4 fully saturated rings. The number of benzene rings is 2. The van der Waals surface area contributed by atoms with Gasteiger partial charge in [0, 0.05) is 106 Å². The van der Waals surface area contributed by atoms with E-state index in [1.54, 1.807) is 4.57 Å². The average molecular weight is 955 g/mol. The Bertz CT molecular complexity index is 2560. The molecule has 2 atom stereocenters. The fourth-order valence-electron chi connectivity index (χ4n) is 10.6. The van der Waals surface area contributed by atoms with Crippen molar-refractivity contribution in [1.82, 2.24) is 44.6 Å². The summed E-state index contributed by atoms with van der Waals surface area (Å²) in [5, 5.41) is 0. The van der Waals surface area contributed by atoms with Gasteiger partial charge in [0.05, 0.1) is 17.6 Å². The number of rotatable bonds is 11. The Morgan fingerprint density at radius 1 is 0.929 bits per heavy atom. The molecule has 4 aliphatic rings. The second kappa shape index (κ2) is 24.9. The number of hydrogen-bond donors (Lipinski definition) is 3. The van der Waals surface area contributed by atoms with Crippen LogP contribution >= 0.6 is 0 Å². The molecule has 14 heteroatoms. The summed E-state index contributed by atoms with van der Waals surface area (Å²) in [5.74, 6) is 1.81. The van der Waals surface area contributed by atoms with Crippen LogP contribution in [-0.4, -0.2) is 122 Å². The molecule has 0 radical (unpaired) electrons. The van der Waals surface area contributed by atoms with Crippen LogP contribution in [0.25, 0.3) is 28.2 Å². The van der Waals surface area contributed by atoms with Gasteiger partial charge in [-0.2, -0.15) is 0 Å². The Hall–Kier alpha value is -5.67. The molecule has 0 aliphatic carbocycles. The highest BCUT2D eigenvalue weighted by atomic mass is 16.6. The third-order valence-corrected chi connectivity index (χ3v) is 15.0. The van der Waals surface area contributed by atoms with E-state index in [-0.39, 0.29) is 17.5 Å². The fourth-order valence-corrected chi connectivity index (χ4v) is 10.6. The molecular weight excluding hydrogens is 877 g/mol. The Balaban J connectivity index is 0.000000650. The normalized spacial score (nSPS) is 19.6. The number of nitrogen functional groups attached to an aromatic ring is 1. The molecule has 5 aromatic rings. The zero-order chi connectivity index (χ0) is 49.7. The summed E-state index contributed by atoms with van der Waals surface area (Å²) >= 11 is 0. The number of aryl methyl sites for hydroxylation is 2. The van der Waals surface area contributed by atoms with Gasteiger partial charge in [-0.05, 0) is 150 Å². The van der Waals surface area contributed by atoms with Gasteiger partial charge in [-0.1, -0.05) is 50.6 Å². The van der Waals surface area contributed by atoms with Crippen LogP contribution in [0.3, 0.4) is 0 Å². The quantitative estimate of drug-likeness (QED) is 0.117. The molecule has 0 bridgehead atoms. The average Bonchev–Trinajstić information content (AvgIpc) is 3.49. The second-order valence-electron chi connectivity index (χ2n) is 19.5. The van der Waals surface area contributed by atoms with Crippen molar-refractivity contribution in [3.8, 4) is 11.1 Å². The van der Waals surface area contributed by atoms with Gasteiger partial charge < -0.3 is 15.6 Å². The number of carbonyl (C=O) groups is 2. The minimum Gasteiger partial charge on any atom is -0.384 e. The first-order valence-corrected chi connectivity index (χ1v) is 26.0. The first-order chi connectivity index (χ1) is 33.9. The summed E-state index contributed by atoms with van der Waals surface area (Å²) in [4.78, 5) is 62.7. The zero-order valence-electron chi connectivity index (χ0n) is 42.9. The fraction of sp³-hybridized carbons (Fsp3) is 0.518. The first kappa shape index (κ1) is 52.2. The Labute approximate surface area is 415 Å². The molecule has 7 heterocycles. The van der Waals surface area contributed by atoms with Crippen molar-refractivity contribution in [2.24, 2.45) is 13.0 Å². The maximum atomic E-state index is 13.7. The number of nitrogens with two attached hydrogens (primary N) is 1. The highest BCUT2D eigenvalue weighted by Crippen LogP contribution is 2.33. The van der Waals surface area contributed by atoms with E-state index >= 15 is 0 Å². The molecule has 2 unspecified atom stereocenters. The lowest BCUT2D eigenvalue weighted by molar-refractivity contribution is -0.131. The SMILES string of the molecule is CC.CCC1CN(Cc2ccc3[nH]c(=O)n(C)c3c2)CCN1CC1CCN(C(=O)c2ccc(C3CCN(C(C)/C(C)=C/c4c(-c5ccc(N)nc5)ccnc4C)CC3)cc2)CC1.O=C1CCCCON1. The van der Waals surface area contributed by atoms with Crippen LogP contribution in [-0.2, 0) is 23.2 Å². The number of nitrogens with one attached hydrogen (secondary N) is 2. The molecular formula is C56H78N10O4. The van der Waals surface area contributed by atoms with E-state index in [1.807, 2.05) is 51.5 Å². The van der Waals surface area contributed by atoms with Crippen molar-refractivity contribution in [3.05, 3.63) is 117 Å². The molecule has 9 rings (SSSR count). The lowest BCUT2D eigenvalue weighted by Crippen LogP contribution is -2.54. The number of imidazole rings is 1. The molecule has 3 aromatic heterocycles. The summed E-state index contributed by atoms with van der Waals surface area (Å²) in [5.41, 5.74) is 19.0. The number of nitrogens with zero attached hydrogens (tertiary/aromatic N) is 7. The summed E-state index contributed by atoms with van der Waals surface area (Å²) < 4.78 is 1.69. The van der Waals surface area contributed by atoms with Gasteiger partial charge in [0.1, 0.15) is 5.82 Å². The molecule has 2 amide bonds. The number of H-pyrrole nitrogens is 1. The topological polar surface area (TPSA) is 158 Å². The molecule has 2 aromatic carbocycles. The number of piperidine rings is 2. The minimum absolute atomic E-state index is 0.00231. The number of anilines is 1. The van der Waals surface area contributed by atoms with Crippen LogP contribution in [0.1, 0.15) is 125 Å². The Morgan fingerprint density at radius 2 is 1.69 bits per heavy atom. The monoisotopic (exact) mass is 955 g/mol. The van der Waals surface area contributed by atoms with Crippen LogP contribution < -0.4 is 16.9 Å². The van der Waals surface area contributed by atoms with Crippen molar-refractivity contribution in [2.75, 3.05) is 64.7 Å². The number of pyridine rings is 2. The van der Waals surface area contributed by atoms with Crippen molar-refractivity contribution >= 4 is 34.7 Å². The summed E-state index contributed by atoms with van der Waals surface area (Å²) in [6.07, 6.45) is 14.0. The third kappa shape index (κ3) is 13.2. The number of likely N-dealkylation sites (tertiary alicyclic amines) is 2. The highest BCUT2D eigenvalue weighted by Gasteiger charge is 2.31. The van der Waals surface area contributed by atoms with E-state index in [2.05, 4.69) is 116 Å². The number of piperazine rings is 1. The van der Waals surface area contributed by atoms with Gasteiger partial charge in [-0.25, -0.2) is 15.3 Å². The van der Waals surface area contributed by atoms with E-state index in [1.165, 1.54) is 16.7 Å². The molecule has 0 saturated carbocycles. The molecule has 4 N–H and O–H groups in total. The smallest absolute Gasteiger partial charge is 0.326 e. The number of hydrogen-bond acceptors (Lipinski definition) is 10. The van der Waals surface area contributed by atoms with E-state index in [4.69, 9.17) is 10.6 Å². The summed E-state index contributed by atoms with van der Waals surface area (Å²) in [6.45, 7) is 22.5. The summed E-state index contributed by atoms with van der Waals surface area (Å²) in [7, 11) is 1.82. The molecule has 4 aliphatic heterocycles. The minimum atomic E-state index is -0.0683. The van der Waals surface area contributed by atoms with E-state index in [9.17, 15) is 14.4 Å². The van der Waals surface area contributed by atoms with Crippen LogP contribution in [0.4, 0.5) is 5.82 Å². The number of amides is 2. The van der Waals surface area contributed by atoms with Gasteiger partial charge in [0.2, 0.25) is 5.91 Å². The lowest BCUT2D eigenvalue weighted by atomic mass is 9.87. The number of carbonyl (C=O) groups excluding carboxylic acids is 2. The van der Waals surface area contributed by atoms with Gasteiger partial charge in [0.15, 0.2) is 0 Å². The predicted molar refractivity (Wildman–Crippen MR) is 282 cm³/mol. The van der Waals surface area contributed by atoms with Crippen molar-refractivity contribution in [1.29, 1.82) is 0 Å². The van der Waals surface area contributed by atoms with E-state index < -0.39 is 0 Å². The van der Waals surface area contributed by atoms with Gasteiger partial charge in [0.25, 0.3) is 5.91 Å². The van der Waals surface area contributed by atoms with Crippen LogP contribution in [0.15, 0.2) is 83.4 Å².